The molecule has 0 spiro atoms. The van der Waals surface area contributed by atoms with Crippen LogP contribution in [0.5, 0.6) is 5.75 Å². The van der Waals surface area contributed by atoms with Gasteiger partial charge in [0.2, 0.25) is 0 Å². The van der Waals surface area contributed by atoms with Crippen LogP contribution in [0.15, 0.2) is 65.3 Å². The first-order chi connectivity index (χ1) is 16.1. The van der Waals surface area contributed by atoms with Gasteiger partial charge in [0, 0.05) is 16.1 Å². The van der Waals surface area contributed by atoms with Crippen molar-refractivity contribution < 1.29 is 23.1 Å². The highest BCUT2D eigenvalue weighted by molar-refractivity contribution is 7.32. The number of rotatable bonds is 15. The van der Waals surface area contributed by atoms with Crippen LogP contribution in [0.4, 0.5) is 0 Å². The summed E-state index contributed by atoms with van der Waals surface area (Å²) in [7, 11) is -2.52. The first-order valence-electron chi connectivity index (χ1n) is 11.2. The van der Waals surface area contributed by atoms with Gasteiger partial charge in [0.1, 0.15) is 18.1 Å². The molecule has 0 aliphatic carbocycles. The van der Waals surface area contributed by atoms with Crippen LogP contribution >= 0.6 is 19.9 Å². The van der Waals surface area contributed by atoms with Crippen LogP contribution in [-0.2, 0) is 22.1 Å². The van der Waals surface area contributed by atoms with Crippen LogP contribution < -0.4 is 10.1 Å². The third kappa shape index (κ3) is 9.28. The SMILES string of the molecule is O=[P+](O)OCCCNCc1ccc(OCCCCCc2cccc(Cl)c2)c(-c2ccco2)c1. The zero-order valence-electron chi connectivity index (χ0n) is 18.5. The molecule has 0 radical (unpaired) electrons. The Labute approximate surface area is 200 Å². The number of aryl methyl sites for hydroxylation is 1. The van der Waals surface area contributed by atoms with Gasteiger partial charge in [0.15, 0.2) is 0 Å². The molecule has 2 aromatic carbocycles. The van der Waals surface area contributed by atoms with E-state index in [2.05, 4.69) is 22.0 Å². The smallest absolute Gasteiger partial charge is 0.493 e. The van der Waals surface area contributed by atoms with Gasteiger partial charge in [-0.3, -0.25) is 0 Å². The maximum Gasteiger partial charge on any atom is 0.694 e. The zero-order chi connectivity index (χ0) is 23.3. The van der Waals surface area contributed by atoms with Crippen molar-refractivity contribution in [2.45, 2.75) is 38.6 Å². The molecule has 1 heterocycles. The molecule has 1 aromatic heterocycles. The van der Waals surface area contributed by atoms with Gasteiger partial charge < -0.3 is 14.5 Å². The summed E-state index contributed by atoms with van der Waals surface area (Å²) < 4.78 is 26.9. The van der Waals surface area contributed by atoms with Gasteiger partial charge in [0.25, 0.3) is 0 Å². The third-order valence-electron chi connectivity index (χ3n) is 5.12. The van der Waals surface area contributed by atoms with Crippen molar-refractivity contribution in [3.63, 3.8) is 0 Å². The first kappa shape index (κ1) is 25.4. The van der Waals surface area contributed by atoms with Gasteiger partial charge in [-0.1, -0.05) is 29.8 Å². The van der Waals surface area contributed by atoms with Crippen LogP contribution in [0.3, 0.4) is 0 Å². The molecule has 3 rings (SSSR count). The highest BCUT2D eigenvalue weighted by atomic mass is 35.5. The van der Waals surface area contributed by atoms with Gasteiger partial charge in [-0.15, -0.1) is 9.42 Å². The summed E-state index contributed by atoms with van der Waals surface area (Å²) in [5, 5.41) is 4.10. The van der Waals surface area contributed by atoms with E-state index in [0.29, 0.717) is 26.1 Å². The average Bonchev–Trinajstić information content (AvgIpc) is 3.34. The number of hydrogen-bond donors (Lipinski definition) is 2. The molecule has 0 bridgehead atoms. The Morgan fingerprint density at radius 3 is 2.67 bits per heavy atom. The molecule has 6 nitrogen and oxygen atoms in total. The highest BCUT2D eigenvalue weighted by Gasteiger charge is 2.12. The normalized spacial score (nSPS) is 11.5. The fourth-order valence-corrected chi connectivity index (χ4v) is 3.99. The Balaban J connectivity index is 1.45. The van der Waals surface area contributed by atoms with E-state index in [9.17, 15) is 4.57 Å². The molecule has 0 amide bonds. The quantitative estimate of drug-likeness (QED) is 0.186. The molecule has 1 unspecified atom stereocenters. The Morgan fingerprint density at radius 1 is 0.970 bits per heavy atom. The molecule has 176 valence electrons. The highest BCUT2D eigenvalue weighted by Crippen LogP contribution is 2.32. The summed E-state index contributed by atoms with van der Waals surface area (Å²) in [5.74, 6) is 1.58. The van der Waals surface area contributed by atoms with Crippen molar-refractivity contribution in [3.8, 4) is 17.1 Å². The molecule has 2 N–H and O–H groups in total. The molecule has 0 saturated carbocycles. The topological polar surface area (TPSA) is 80.9 Å². The summed E-state index contributed by atoms with van der Waals surface area (Å²) in [6.07, 6.45) is 6.49. The lowest BCUT2D eigenvalue weighted by atomic mass is 10.1. The fraction of sp³-hybridized carbons (Fsp3) is 0.360. The molecular weight excluding hydrogens is 461 g/mol. The number of furan rings is 1. The fourth-order valence-electron chi connectivity index (χ4n) is 3.49. The first-order valence-corrected chi connectivity index (χ1v) is 12.7. The van der Waals surface area contributed by atoms with E-state index >= 15 is 0 Å². The minimum absolute atomic E-state index is 0.252. The van der Waals surface area contributed by atoms with E-state index in [4.69, 9.17) is 25.6 Å². The van der Waals surface area contributed by atoms with Crippen molar-refractivity contribution in [2.24, 2.45) is 0 Å². The minimum atomic E-state index is -2.52. The Hall–Kier alpha value is -2.21. The predicted octanol–water partition coefficient (Wildman–Crippen LogP) is 6.54. The average molecular weight is 491 g/mol. The summed E-state index contributed by atoms with van der Waals surface area (Å²) in [4.78, 5) is 8.64. The van der Waals surface area contributed by atoms with Crippen LogP contribution in [-0.4, -0.2) is 24.7 Å². The summed E-state index contributed by atoms with van der Waals surface area (Å²) >= 11 is 6.05. The van der Waals surface area contributed by atoms with Gasteiger partial charge in [-0.05, 0) is 86.2 Å². The van der Waals surface area contributed by atoms with Crippen molar-refractivity contribution in [3.05, 3.63) is 77.0 Å². The number of benzene rings is 2. The second-order valence-electron chi connectivity index (χ2n) is 7.70. The molecule has 0 aliphatic rings. The van der Waals surface area contributed by atoms with Crippen LogP contribution in [0.1, 0.15) is 36.8 Å². The molecule has 0 aliphatic heterocycles. The molecule has 33 heavy (non-hydrogen) atoms. The van der Waals surface area contributed by atoms with E-state index in [0.717, 1.165) is 53.3 Å². The minimum Gasteiger partial charge on any atom is -0.493 e. The maximum atomic E-state index is 10.5. The standard InChI is InChI=1S/C25H29ClNO5P/c26-22-9-4-8-20(17-22)7-2-1-3-14-30-25-12-11-21(18-23(25)24-10-5-15-31-24)19-27-13-6-16-32-33(28)29/h4-5,8-12,15,17-18,27H,1-3,6-7,13-14,16,19H2/p+1. The summed E-state index contributed by atoms with van der Waals surface area (Å²) in [5.41, 5.74) is 3.30. The maximum absolute atomic E-state index is 10.5. The van der Waals surface area contributed by atoms with Crippen molar-refractivity contribution in [1.82, 2.24) is 5.32 Å². The van der Waals surface area contributed by atoms with Gasteiger partial charge in [-0.25, -0.2) is 0 Å². The molecule has 0 saturated heterocycles. The Bertz CT molecular complexity index is 996. The van der Waals surface area contributed by atoms with Crippen LogP contribution in [0.25, 0.3) is 11.3 Å². The van der Waals surface area contributed by atoms with Crippen molar-refractivity contribution in [1.29, 1.82) is 0 Å². The van der Waals surface area contributed by atoms with Gasteiger partial charge >= 0.3 is 8.25 Å². The van der Waals surface area contributed by atoms with Gasteiger partial charge in [0.05, 0.1) is 18.4 Å². The largest absolute Gasteiger partial charge is 0.694 e. The molecular formula is C25H30ClNO5P+. The second-order valence-corrected chi connectivity index (χ2v) is 8.87. The van der Waals surface area contributed by atoms with E-state index in [-0.39, 0.29) is 6.61 Å². The lowest BCUT2D eigenvalue weighted by Crippen LogP contribution is -2.16. The Kier molecular flexibility index (Phi) is 10.9. The number of halogens is 1. The van der Waals surface area contributed by atoms with E-state index in [1.165, 1.54) is 5.56 Å². The lowest BCUT2D eigenvalue weighted by Gasteiger charge is -2.13. The Morgan fingerprint density at radius 2 is 1.88 bits per heavy atom. The zero-order valence-corrected chi connectivity index (χ0v) is 20.2. The van der Waals surface area contributed by atoms with Gasteiger partial charge in [-0.2, -0.15) is 0 Å². The van der Waals surface area contributed by atoms with Crippen LogP contribution in [0.2, 0.25) is 5.02 Å². The molecule has 3 aromatic rings. The van der Waals surface area contributed by atoms with E-state index < -0.39 is 8.25 Å². The number of hydrogen-bond acceptors (Lipinski definition) is 5. The third-order valence-corrected chi connectivity index (χ3v) is 5.75. The van der Waals surface area contributed by atoms with E-state index in [1.807, 2.05) is 42.5 Å². The van der Waals surface area contributed by atoms with Crippen molar-refractivity contribution in [2.75, 3.05) is 19.8 Å². The second kappa shape index (κ2) is 14.1. The summed E-state index contributed by atoms with van der Waals surface area (Å²) in [6, 6.07) is 17.9. The van der Waals surface area contributed by atoms with E-state index in [1.54, 1.807) is 6.26 Å². The lowest BCUT2D eigenvalue weighted by molar-refractivity contribution is 0.276. The predicted molar refractivity (Wildman–Crippen MR) is 131 cm³/mol. The van der Waals surface area contributed by atoms with Crippen LogP contribution in [0, 0.1) is 0 Å². The number of ether oxygens (including phenoxy) is 1. The summed E-state index contributed by atoms with van der Waals surface area (Å²) in [6.45, 7) is 2.26. The monoisotopic (exact) mass is 490 g/mol. The number of unbranched alkanes of at least 4 members (excludes halogenated alkanes) is 2. The number of nitrogens with one attached hydrogen (secondary N) is 1. The molecule has 0 fully saturated rings. The molecule has 1 atom stereocenters. The molecule has 8 heteroatoms. The van der Waals surface area contributed by atoms with Crippen molar-refractivity contribution >= 4 is 19.9 Å².